The minimum atomic E-state index is -0.238. The summed E-state index contributed by atoms with van der Waals surface area (Å²) in [5.41, 5.74) is 0.942. The average Bonchev–Trinajstić information content (AvgIpc) is 3.34. The number of thioether (sulfide) groups is 1. The van der Waals surface area contributed by atoms with Gasteiger partial charge >= 0.3 is 0 Å². The highest BCUT2D eigenvalue weighted by Crippen LogP contribution is 2.24. The van der Waals surface area contributed by atoms with Crippen molar-refractivity contribution in [2.24, 2.45) is 0 Å². The van der Waals surface area contributed by atoms with Gasteiger partial charge in [-0.2, -0.15) is 0 Å². The number of carbonyl (C=O) groups is 2. The Bertz CT molecular complexity index is 885. The van der Waals surface area contributed by atoms with E-state index in [4.69, 9.17) is 4.42 Å². The van der Waals surface area contributed by atoms with Crippen molar-refractivity contribution in [3.63, 3.8) is 0 Å². The van der Waals surface area contributed by atoms with Gasteiger partial charge in [0.15, 0.2) is 5.16 Å². The van der Waals surface area contributed by atoms with Gasteiger partial charge in [-0.25, -0.2) is 0 Å². The van der Waals surface area contributed by atoms with Crippen LogP contribution in [-0.2, 0) is 6.54 Å². The van der Waals surface area contributed by atoms with Crippen molar-refractivity contribution in [1.29, 1.82) is 0 Å². The van der Waals surface area contributed by atoms with Crippen molar-refractivity contribution in [3.8, 4) is 0 Å². The molecule has 1 aliphatic heterocycles. The zero-order chi connectivity index (χ0) is 17.2. The maximum atomic E-state index is 12.3. The van der Waals surface area contributed by atoms with Crippen LogP contribution in [0.15, 0.2) is 58.6 Å². The van der Waals surface area contributed by atoms with Crippen LogP contribution in [0, 0.1) is 0 Å². The predicted molar refractivity (Wildman–Crippen MR) is 90.4 cm³/mol. The third-order valence-electron chi connectivity index (χ3n) is 3.91. The topological polar surface area (TPSA) is 81.2 Å². The molecule has 0 radical (unpaired) electrons. The lowest BCUT2D eigenvalue weighted by molar-refractivity contribution is 0.0664. The molecular formula is C17H14N4O3S. The first kappa shape index (κ1) is 15.6. The molecule has 0 fully saturated rings. The highest BCUT2D eigenvalue weighted by molar-refractivity contribution is 7.99. The van der Waals surface area contributed by atoms with E-state index in [1.165, 1.54) is 16.7 Å². The van der Waals surface area contributed by atoms with Gasteiger partial charge in [-0.3, -0.25) is 14.5 Å². The van der Waals surface area contributed by atoms with Crippen LogP contribution in [0.25, 0.3) is 0 Å². The molecule has 0 bridgehead atoms. The summed E-state index contributed by atoms with van der Waals surface area (Å²) in [5, 5.41) is 8.72. The monoisotopic (exact) mass is 354 g/mol. The van der Waals surface area contributed by atoms with Crippen LogP contribution >= 0.6 is 11.8 Å². The average molecular weight is 354 g/mol. The van der Waals surface area contributed by atoms with Crippen LogP contribution < -0.4 is 0 Å². The van der Waals surface area contributed by atoms with Gasteiger partial charge in [0.2, 0.25) is 0 Å². The Labute approximate surface area is 147 Å². The lowest BCUT2D eigenvalue weighted by Gasteiger charge is -2.13. The van der Waals surface area contributed by atoms with Crippen molar-refractivity contribution < 1.29 is 14.0 Å². The summed E-state index contributed by atoms with van der Waals surface area (Å²) in [5.74, 6) is 0.876. The molecule has 2 amide bonds. The number of imide groups is 1. The molecule has 2 aromatic heterocycles. The van der Waals surface area contributed by atoms with E-state index < -0.39 is 0 Å². The summed E-state index contributed by atoms with van der Waals surface area (Å²) < 4.78 is 7.20. The highest BCUT2D eigenvalue weighted by atomic mass is 32.2. The lowest BCUT2D eigenvalue weighted by Crippen LogP contribution is -2.31. The maximum absolute atomic E-state index is 12.3. The van der Waals surface area contributed by atoms with E-state index in [0.29, 0.717) is 35.1 Å². The number of carbonyl (C=O) groups excluding carboxylic acids is 2. The number of amides is 2. The molecule has 0 N–H and O–H groups in total. The SMILES string of the molecule is O=C1c2ccccc2C(=O)N1CCSc1nncn1Cc1ccco1. The predicted octanol–water partition coefficient (Wildman–Crippen LogP) is 2.31. The van der Waals surface area contributed by atoms with Crippen molar-refractivity contribution in [2.45, 2.75) is 11.7 Å². The summed E-state index contributed by atoms with van der Waals surface area (Å²) in [7, 11) is 0. The Morgan fingerprint density at radius 1 is 1.04 bits per heavy atom. The molecule has 0 unspecified atom stereocenters. The fourth-order valence-corrected chi connectivity index (χ4v) is 3.54. The number of benzene rings is 1. The quantitative estimate of drug-likeness (QED) is 0.499. The number of rotatable bonds is 6. The molecule has 3 aromatic rings. The van der Waals surface area contributed by atoms with Crippen LogP contribution in [0.3, 0.4) is 0 Å². The minimum absolute atomic E-state index is 0.238. The molecule has 8 heteroatoms. The second-order valence-electron chi connectivity index (χ2n) is 5.48. The molecule has 3 heterocycles. The fraction of sp³-hybridized carbons (Fsp3) is 0.176. The molecular weight excluding hydrogens is 340 g/mol. The molecule has 7 nitrogen and oxygen atoms in total. The number of aromatic nitrogens is 3. The summed E-state index contributed by atoms with van der Waals surface area (Å²) in [6, 6.07) is 10.6. The summed E-state index contributed by atoms with van der Waals surface area (Å²) in [6.45, 7) is 0.861. The van der Waals surface area contributed by atoms with Crippen molar-refractivity contribution in [1.82, 2.24) is 19.7 Å². The maximum Gasteiger partial charge on any atom is 0.261 e. The Balaban J connectivity index is 1.39. The number of hydrogen-bond acceptors (Lipinski definition) is 6. The normalized spacial score (nSPS) is 13.5. The molecule has 126 valence electrons. The summed E-state index contributed by atoms with van der Waals surface area (Å²) >= 11 is 1.45. The minimum Gasteiger partial charge on any atom is -0.467 e. The Kier molecular flexibility index (Phi) is 4.10. The van der Waals surface area contributed by atoms with E-state index in [-0.39, 0.29) is 11.8 Å². The summed E-state index contributed by atoms with van der Waals surface area (Å²) in [6.07, 6.45) is 3.25. The van der Waals surface area contributed by atoms with Gasteiger partial charge in [0.1, 0.15) is 12.1 Å². The van der Waals surface area contributed by atoms with Crippen molar-refractivity contribution in [2.75, 3.05) is 12.3 Å². The molecule has 4 rings (SSSR count). The third kappa shape index (κ3) is 2.96. The van der Waals surface area contributed by atoms with Gasteiger partial charge in [-0.1, -0.05) is 23.9 Å². The first-order valence-corrected chi connectivity index (χ1v) is 8.71. The van der Waals surface area contributed by atoms with Crippen LogP contribution in [0.5, 0.6) is 0 Å². The van der Waals surface area contributed by atoms with Crippen LogP contribution in [0.4, 0.5) is 0 Å². The number of hydrogen-bond donors (Lipinski definition) is 0. The number of nitrogens with zero attached hydrogens (tertiary/aromatic N) is 4. The van der Waals surface area contributed by atoms with Crippen LogP contribution in [0.1, 0.15) is 26.5 Å². The molecule has 1 aromatic carbocycles. The number of fused-ring (bicyclic) bond motifs is 1. The van der Waals surface area contributed by atoms with Gasteiger partial charge in [0.25, 0.3) is 11.8 Å². The Morgan fingerprint density at radius 3 is 2.48 bits per heavy atom. The fourth-order valence-electron chi connectivity index (χ4n) is 2.71. The first-order valence-electron chi connectivity index (χ1n) is 7.72. The molecule has 25 heavy (non-hydrogen) atoms. The molecule has 1 aliphatic rings. The molecule has 0 aliphatic carbocycles. The van der Waals surface area contributed by atoms with Crippen LogP contribution in [-0.4, -0.2) is 43.8 Å². The van der Waals surface area contributed by atoms with Crippen molar-refractivity contribution >= 4 is 23.6 Å². The second kappa shape index (κ2) is 6.56. The van der Waals surface area contributed by atoms with Crippen LogP contribution in [0.2, 0.25) is 0 Å². The van der Waals surface area contributed by atoms with E-state index in [1.807, 2.05) is 16.7 Å². The largest absolute Gasteiger partial charge is 0.467 e. The molecule has 0 spiro atoms. The van der Waals surface area contributed by atoms with Gasteiger partial charge in [-0.15, -0.1) is 10.2 Å². The number of furan rings is 1. The smallest absolute Gasteiger partial charge is 0.261 e. The molecule has 0 saturated heterocycles. The molecule has 0 saturated carbocycles. The second-order valence-corrected chi connectivity index (χ2v) is 6.54. The van der Waals surface area contributed by atoms with E-state index in [9.17, 15) is 9.59 Å². The van der Waals surface area contributed by atoms with Gasteiger partial charge in [-0.05, 0) is 24.3 Å². The van der Waals surface area contributed by atoms with Gasteiger partial charge in [0, 0.05) is 12.3 Å². The van der Waals surface area contributed by atoms with E-state index in [1.54, 1.807) is 36.9 Å². The zero-order valence-electron chi connectivity index (χ0n) is 13.2. The van der Waals surface area contributed by atoms with Gasteiger partial charge in [0.05, 0.1) is 23.9 Å². The Hall–Kier alpha value is -2.87. The lowest BCUT2D eigenvalue weighted by atomic mass is 10.1. The summed E-state index contributed by atoms with van der Waals surface area (Å²) in [4.78, 5) is 25.9. The van der Waals surface area contributed by atoms with E-state index in [2.05, 4.69) is 10.2 Å². The zero-order valence-corrected chi connectivity index (χ0v) is 14.0. The van der Waals surface area contributed by atoms with Gasteiger partial charge < -0.3 is 8.98 Å². The highest BCUT2D eigenvalue weighted by Gasteiger charge is 2.34. The molecule has 0 atom stereocenters. The third-order valence-corrected chi connectivity index (χ3v) is 4.87. The first-order chi connectivity index (χ1) is 12.2. The van der Waals surface area contributed by atoms with E-state index in [0.717, 1.165) is 5.76 Å². The van der Waals surface area contributed by atoms with E-state index >= 15 is 0 Å². The Morgan fingerprint density at radius 2 is 1.80 bits per heavy atom. The van der Waals surface area contributed by atoms with Crippen molar-refractivity contribution in [3.05, 3.63) is 65.9 Å². The standard InChI is InChI=1S/C17H14N4O3S/c22-15-13-5-1-2-6-14(13)16(23)21(15)7-9-25-17-19-18-11-20(17)10-12-4-3-8-24-12/h1-6,8,11H,7,9-10H2.